The van der Waals surface area contributed by atoms with Crippen LogP contribution in [0, 0.1) is 10.8 Å². The monoisotopic (exact) mass is 898 g/mol. The van der Waals surface area contributed by atoms with E-state index in [0.717, 1.165) is 7.11 Å². The maximum Gasteiger partial charge on any atom is 0.416 e. The summed E-state index contributed by atoms with van der Waals surface area (Å²) >= 11 is 0. The molecule has 56 heavy (non-hydrogen) atoms. The number of alkyl halides is 24. The zero-order valence-electron chi connectivity index (χ0n) is 27.8. The predicted octanol–water partition coefficient (Wildman–Crippen LogP) is 9.64. The minimum absolute atomic E-state index is 0.211. The number of methoxy groups -OCH3 is 1. The third-order valence-electron chi connectivity index (χ3n) is 6.18. The molecule has 0 saturated heterocycles. The first-order chi connectivity index (χ1) is 25.0. The van der Waals surface area contributed by atoms with E-state index in [1.54, 1.807) is 0 Å². The van der Waals surface area contributed by atoms with Crippen molar-refractivity contribution in [3.63, 3.8) is 0 Å². The zero-order valence-corrected chi connectivity index (χ0v) is 27.8. The van der Waals surface area contributed by atoms with Crippen LogP contribution < -0.4 is 0 Å². The van der Waals surface area contributed by atoms with Crippen molar-refractivity contribution in [2.24, 2.45) is 10.8 Å². The summed E-state index contributed by atoms with van der Waals surface area (Å²) < 4.78 is 326. The third-order valence-corrected chi connectivity index (χ3v) is 6.18. The van der Waals surface area contributed by atoms with E-state index in [4.69, 9.17) is 0 Å². The van der Waals surface area contributed by atoms with Crippen molar-refractivity contribution in [3.05, 3.63) is 0 Å². The van der Waals surface area contributed by atoms with E-state index in [1.165, 1.54) is 6.92 Å². The molecule has 0 aliphatic heterocycles. The molecule has 0 atom stereocenters. The van der Waals surface area contributed by atoms with Gasteiger partial charge in [-0.05, 0) is 6.42 Å². The first-order valence-electron chi connectivity index (χ1n) is 14.3. The smallest absolute Gasteiger partial charge is 0.384 e. The average molecular weight is 898 g/mol. The van der Waals surface area contributed by atoms with Crippen molar-refractivity contribution in [2.75, 3.05) is 53.4 Å². The summed E-state index contributed by atoms with van der Waals surface area (Å²) in [5, 5.41) is 0. The fraction of sp³-hybridized carbons (Fsp3) is 1.00. The number of hydrogen-bond donors (Lipinski definition) is 0. The molecule has 0 bridgehead atoms. The Hall–Kier alpha value is -1.96. The largest absolute Gasteiger partial charge is 0.416 e. The van der Waals surface area contributed by atoms with Crippen molar-refractivity contribution in [3.8, 4) is 0 Å². The van der Waals surface area contributed by atoms with Gasteiger partial charge in [-0.2, -0.15) is 52.7 Å². The lowest BCUT2D eigenvalue weighted by molar-refractivity contribution is -0.350. The van der Waals surface area contributed by atoms with Crippen LogP contribution in [-0.4, -0.2) is 129 Å². The summed E-state index contributed by atoms with van der Waals surface area (Å²) in [7, 11) is 0.733. The molecule has 0 aliphatic carbocycles. The molecule has 0 aromatic rings. The molecule has 0 aliphatic rings. The Morgan fingerprint density at radius 3 is 0.643 bits per heavy atom. The highest BCUT2D eigenvalue weighted by molar-refractivity contribution is 4.83. The third kappa shape index (κ3) is 19.2. The molecule has 0 unspecified atom stereocenters. The number of ether oxygens (including phenoxy) is 7. The lowest BCUT2D eigenvalue weighted by Crippen LogP contribution is -2.48. The number of rotatable bonds is 28. The summed E-state index contributed by atoms with van der Waals surface area (Å²) in [5.41, 5.74) is -5.38. The van der Waals surface area contributed by atoms with E-state index in [9.17, 15) is 105 Å². The first kappa shape index (κ1) is 56.1. The van der Waals surface area contributed by atoms with Gasteiger partial charge in [-0.3, -0.25) is 0 Å². The van der Waals surface area contributed by atoms with E-state index in [1.807, 2.05) is 0 Å². The highest BCUT2D eigenvalue weighted by Gasteiger charge is 2.53. The van der Waals surface area contributed by atoms with Crippen LogP contribution in [0.15, 0.2) is 0 Å². The maximum atomic E-state index is 12.9. The van der Waals surface area contributed by atoms with Crippen molar-refractivity contribution in [1.82, 2.24) is 0 Å². The Morgan fingerprint density at radius 1 is 0.321 bits per heavy atom. The highest BCUT2D eigenvalue weighted by atomic mass is 19.4. The molecular weight excluding hydrogens is 868 g/mol. The van der Waals surface area contributed by atoms with Gasteiger partial charge < -0.3 is 33.2 Å². The molecular formula is C25H30F24O7. The van der Waals surface area contributed by atoms with Gasteiger partial charge in [0.15, 0.2) is 0 Å². The van der Waals surface area contributed by atoms with Crippen LogP contribution in [-0.2, 0) is 33.2 Å². The van der Waals surface area contributed by atoms with Crippen molar-refractivity contribution in [1.29, 1.82) is 0 Å². The van der Waals surface area contributed by atoms with E-state index >= 15 is 0 Å². The molecule has 0 amide bonds. The fourth-order valence-electron chi connectivity index (χ4n) is 3.30. The summed E-state index contributed by atoms with van der Waals surface area (Å²) in [5.74, 6) is 0. The lowest BCUT2D eigenvalue weighted by Gasteiger charge is -2.36. The molecule has 0 aromatic carbocycles. The average Bonchev–Trinajstić information content (AvgIpc) is 3.06. The molecule has 0 radical (unpaired) electrons. The van der Waals surface area contributed by atoms with Gasteiger partial charge in [-0.1, -0.05) is 13.3 Å². The van der Waals surface area contributed by atoms with E-state index in [2.05, 4.69) is 33.2 Å². The minimum atomic E-state index is -5.23. The first-order valence-corrected chi connectivity index (χ1v) is 14.3. The Bertz CT molecular complexity index is 880. The summed E-state index contributed by atoms with van der Waals surface area (Å²) in [6, 6.07) is 0. The molecule has 0 heterocycles. The highest BCUT2D eigenvalue weighted by Crippen LogP contribution is 2.38. The second-order valence-corrected chi connectivity index (χ2v) is 11.1. The minimum Gasteiger partial charge on any atom is -0.384 e. The van der Waals surface area contributed by atoms with Gasteiger partial charge in [0, 0.05) is 12.5 Å². The Morgan fingerprint density at radius 2 is 0.500 bits per heavy atom. The van der Waals surface area contributed by atoms with Gasteiger partial charge in [0.2, 0.25) is 0 Å². The van der Waals surface area contributed by atoms with Crippen LogP contribution in [0.25, 0.3) is 0 Å². The van der Waals surface area contributed by atoms with Crippen LogP contribution in [0.3, 0.4) is 0 Å². The quantitative estimate of drug-likeness (QED) is 0.0726. The summed E-state index contributed by atoms with van der Waals surface area (Å²) in [6.07, 6.45) is -58.7. The van der Waals surface area contributed by atoms with Crippen LogP contribution in [0.5, 0.6) is 0 Å². The molecule has 7 nitrogen and oxygen atoms in total. The van der Waals surface area contributed by atoms with Crippen molar-refractivity contribution in [2.45, 2.75) is 95.0 Å². The Labute approximate surface area is 298 Å². The normalized spacial score (nSPS) is 14.6. The maximum absolute atomic E-state index is 12.9. The van der Waals surface area contributed by atoms with Crippen LogP contribution in [0.4, 0.5) is 105 Å². The Balaban J connectivity index is 0. The topological polar surface area (TPSA) is 64.6 Å². The second kappa shape index (κ2) is 22.4. The molecule has 0 saturated carbocycles. The molecule has 0 spiro atoms. The Kier molecular flexibility index (Phi) is 22.5. The van der Waals surface area contributed by atoms with Crippen LogP contribution >= 0.6 is 0 Å². The van der Waals surface area contributed by atoms with Crippen LogP contribution in [0.2, 0.25) is 0 Å². The van der Waals surface area contributed by atoms with E-state index in [-0.39, 0.29) is 6.42 Å². The van der Waals surface area contributed by atoms with Gasteiger partial charge in [-0.25, -0.2) is 52.7 Å². The van der Waals surface area contributed by atoms with Gasteiger partial charge >= 0.3 is 75.2 Å². The second-order valence-electron chi connectivity index (χ2n) is 11.1. The molecule has 0 rings (SSSR count). The van der Waals surface area contributed by atoms with Crippen molar-refractivity contribution < 1.29 is 139 Å². The molecule has 0 aromatic heterocycles. The summed E-state index contributed by atoms with van der Waals surface area (Å²) in [6.45, 7) is -10.7. The van der Waals surface area contributed by atoms with Gasteiger partial charge in [-0.15, -0.1) is 0 Å². The molecule has 0 fully saturated rings. The lowest BCUT2D eigenvalue weighted by atomic mass is 9.85. The SMILES string of the molecule is CCCC(COC(F)(F)C(F)F)(COC(F)(F)C(F)F)COC(F)(F)C(F)F.COCC(COC(F)(F)C(F)F)(COC(F)(F)C(F)F)COC(F)(F)C(F)F. The molecule has 0 N–H and O–H groups in total. The van der Waals surface area contributed by atoms with Gasteiger partial charge in [0.1, 0.15) is 0 Å². The fourth-order valence-corrected chi connectivity index (χ4v) is 3.30. The van der Waals surface area contributed by atoms with Crippen molar-refractivity contribution >= 4 is 0 Å². The molecule has 340 valence electrons. The summed E-state index contributed by atoms with van der Waals surface area (Å²) in [4.78, 5) is 0. The van der Waals surface area contributed by atoms with E-state index < -0.39 is 139 Å². The number of halogens is 24. The van der Waals surface area contributed by atoms with Crippen LogP contribution in [0.1, 0.15) is 19.8 Å². The van der Waals surface area contributed by atoms with Gasteiger partial charge in [0.25, 0.3) is 0 Å². The zero-order chi connectivity index (χ0) is 44.8. The van der Waals surface area contributed by atoms with Gasteiger partial charge in [0.05, 0.1) is 51.7 Å². The molecule has 31 heteroatoms. The standard InChI is InChI=1S/C13H16F12O3.C12H14F12O4/c1-2-3-10(4-26-11(20,21)7(14)15,5-27-12(22,23)8(16)17)6-28-13(24,25)9(18)19;1-25-2-9(3-26-10(19,20)6(13)14,4-27-11(21,22)7(15)16)5-28-12(23,24)8(17)18/h7-9H,2-6H2,1H3;6-8H,2-5H2,1H3. The van der Waals surface area contributed by atoms with E-state index in [0.29, 0.717) is 0 Å². The predicted molar refractivity (Wildman–Crippen MR) is 133 cm³/mol. The number of hydrogen-bond acceptors (Lipinski definition) is 7.